The van der Waals surface area contributed by atoms with Crippen molar-refractivity contribution in [2.45, 2.75) is 51.4 Å². The molecule has 2 atom stereocenters. The molecule has 31 heavy (non-hydrogen) atoms. The van der Waals surface area contributed by atoms with Crippen molar-refractivity contribution >= 4 is 18.0 Å². The second-order valence-electron chi connectivity index (χ2n) is 6.45. The Labute approximate surface area is 183 Å². The zero-order valence-corrected chi connectivity index (χ0v) is 18.7. The summed E-state index contributed by atoms with van der Waals surface area (Å²) in [6.07, 6.45) is 0.0991. The lowest BCUT2D eigenvalue weighted by Crippen LogP contribution is -2.42. The maximum absolute atomic E-state index is 12.3. The second-order valence-corrected chi connectivity index (χ2v) is 6.45. The van der Waals surface area contributed by atoms with Crippen LogP contribution in [0.4, 0.5) is 9.59 Å². The Hall–Kier alpha value is -1.99. The van der Waals surface area contributed by atoms with Gasteiger partial charge in [-0.3, -0.25) is 4.79 Å². The number of nitrogens with two attached hydrogens (primary N) is 1. The number of nitrogens with one attached hydrogen (secondary N) is 2. The smallest absolute Gasteiger partial charge is 0.410 e. The second kappa shape index (κ2) is 19.9. The number of carbonyl (C=O) groups excluding carboxylic acids is 3. The largest absolute Gasteiger partial charge is 0.447 e. The van der Waals surface area contributed by atoms with E-state index in [1.54, 1.807) is 7.11 Å². The molecule has 0 aliphatic carbocycles. The summed E-state index contributed by atoms with van der Waals surface area (Å²) in [6.45, 7) is 3.58. The summed E-state index contributed by atoms with van der Waals surface area (Å²) < 4.78 is 19.9. The monoisotopic (exact) mass is 451 g/mol. The van der Waals surface area contributed by atoms with Crippen molar-refractivity contribution in [2.75, 3.05) is 53.7 Å². The number of unbranched alkanes of at least 4 members (excludes halogenated alkanes) is 1. The Bertz CT molecular complexity index is 494. The highest BCUT2D eigenvalue weighted by Gasteiger charge is 2.22. The van der Waals surface area contributed by atoms with E-state index < -0.39 is 24.5 Å². The first-order valence-corrected chi connectivity index (χ1v) is 10.3. The third-order valence-corrected chi connectivity index (χ3v) is 3.89. The van der Waals surface area contributed by atoms with Gasteiger partial charge in [-0.05, 0) is 32.2 Å². The Morgan fingerprint density at radius 1 is 0.968 bits per heavy atom. The van der Waals surface area contributed by atoms with Crippen molar-refractivity contribution in [1.29, 1.82) is 0 Å². The van der Waals surface area contributed by atoms with E-state index in [0.29, 0.717) is 58.6 Å². The number of alkyl carbamates (subject to hydrolysis) is 2. The van der Waals surface area contributed by atoms with Crippen LogP contribution in [0.1, 0.15) is 39.0 Å². The van der Waals surface area contributed by atoms with Crippen LogP contribution in [0.5, 0.6) is 0 Å². The summed E-state index contributed by atoms with van der Waals surface area (Å²) in [4.78, 5) is 44.9. The molecule has 0 heterocycles. The van der Waals surface area contributed by atoms with Gasteiger partial charge in [0, 0.05) is 27.0 Å². The van der Waals surface area contributed by atoms with Gasteiger partial charge in [0.1, 0.15) is 6.61 Å². The normalized spacial score (nSPS) is 12.6. The molecule has 0 saturated heterocycles. The highest BCUT2D eigenvalue weighted by atomic mass is 17.2. The molecule has 0 spiro atoms. The number of hydrogen-bond acceptors (Lipinski definition) is 10. The van der Waals surface area contributed by atoms with Crippen LogP contribution in [-0.4, -0.2) is 84.0 Å². The molecule has 0 aromatic carbocycles. The highest BCUT2D eigenvalue weighted by molar-refractivity contribution is 5.87. The molecule has 0 fully saturated rings. The number of hydrogen-bond donors (Lipinski definition) is 3. The molecule has 12 nitrogen and oxygen atoms in total. The van der Waals surface area contributed by atoms with Gasteiger partial charge in [-0.15, -0.1) is 0 Å². The summed E-state index contributed by atoms with van der Waals surface area (Å²) in [6, 6.07) is -0.718. The molecule has 0 saturated carbocycles. The van der Waals surface area contributed by atoms with Gasteiger partial charge >= 0.3 is 12.2 Å². The Kier molecular flexibility index (Phi) is 18.7. The Balaban J connectivity index is 4.16. The van der Waals surface area contributed by atoms with Crippen LogP contribution in [-0.2, 0) is 33.5 Å². The molecule has 2 unspecified atom stereocenters. The van der Waals surface area contributed by atoms with Crippen molar-refractivity contribution in [3.8, 4) is 0 Å². The lowest BCUT2D eigenvalue weighted by Gasteiger charge is -2.19. The minimum atomic E-state index is -0.926. The summed E-state index contributed by atoms with van der Waals surface area (Å²) in [5.74, 6) is -0.136. The standard InChI is InChI=1S/C19H37N3O9/c1-15(31-27-3)30-19(25)22-16(17(23)8-6-9-20)7-4-5-10-21-18(24)29-14-13-28-12-11-26-2/h15-16H,4-14,20H2,1-3H3,(H,21,24)(H,22,25). The summed E-state index contributed by atoms with van der Waals surface area (Å²) >= 11 is 0. The zero-order chi connectivity index (χ0) is 23.3. The van der Waals surface area contributed by atoms with Crippen LogP contribution < -0.4 is 16.4 Å². The number of amides is 2. The van der Waals surface area contributed by atoms with Gasteiger partial charge in [0.2, 0.25) is 6.29 Å². The molecule has 0 aliphatic heterocycles. The molecule has 0 radical (unpaired) electrons. The number of methoxy groups -OCH3 is 1. The van der Waals surface area contributed by atoms with Gasteiger partial charge in [0.15, 0.2) is 5.78 Å². The maximum atomic E-state index is 12.3. The quantitative estimate of drug-likeness (QED) is 0.111. The topological polar surface area (TPSA) is 157 Å². The first-order chi connectivity index (χ1) is 14.9. The van der Waals surface area contributed by atoms with Crippen molar-refractivity contribution < 1.29 is 43.1 Å². The zero-order valence-electron chi connectivity index (χ0n) is 18.7. The molecule has 0 rings (SSSR count). The average molecular weight is 452 g/mol. The van der Waals surface area contributed by atoms with E-state index in [1.165, 1.54) is 14.0 Å². The van der Waals surface area contributed by atoms with Crippen LogP contribution in [0.2, 0.25) is 0 Å². The first-order valence-electron chi connectivity index (χ1n) is 10.3. The fourth-order valence-electron chi connectivity index (χ4n) is 2.40. The third kappa shape index (κ3) is 17.4. The van der Waals surface area contributed by atoms with Gasteiger partial charge in [0.25, 0.3) is 0 Å². The van der Waals surface area contributed by atoms with E-state index in [9.17, 15) is 14.4 Å². The summed E-state index contributed by atoms with van der Waals surface area (Å²) in [7, 11) is 2.86. The number of ketones is 1. The molecule has 12 heteroatoms. The fourth-order valence-corrected chi connectivity index (χ4v) is 2.40. The molecular weight excluding hydrogens is 414 g/mol. The lowest BCUT2D eigenvalue weighted by molar-refractivity contribution is -0.346. The maximum Gasteiger partial charge on any atom is 0.410 e. The minimum absolute atomic E-state index is 0.136. The molecular formula is C19H37N3O9. The molecule has 2 amide bonds. The Morgan fingerprint density at radius 3 is 2.39 bits per heavy atom. The van der Waals surface area contributed by atoms with Gasteiger partial charge < -0.3 is 35.3 Å². The number of ether oxygens (including phenoxy) is 4. The molecule has 0 bridgehead atoms. The van der Waals surface area contributed by atoms with E-state index >= 15 is 0 Å². The average Bonchev–Trinajstić information content (AvgIpc) is 2.73. The lowest BCUT2D eigenvalue weighted by atomic mass is 10.0. The third-order valence-electron chi connectivity index (χ3n) is 3.89. The summed E-state index contributed by atoms with van der Waals surface area (Å²) in [5, 5.41) is 5.16. The molecule has 0 aromatic rings. The van der Waals surface area contributed by atoms with E-state index in [1.807, 2.05) is 0 Å². The van der Waals surface area contributed by atoms with Crippen LogP contribution in [0, 0.1) is 0 Å². The van der Waals surface area contributed by atoms with E-state index in [0.717, 1.165) is 0 Å². The molecule has 182 valence electrons. The predicted molar refractivity (Wildman–Crippen MR) is 110 cm³/mol. The van der Waals surface area contributed by atoms with Crippen molar-refractivity contribution in [3.63, 3.8) is 0 Å². The van der Waals surface area contributed by atoms with Gasteiger partial charge in [0.05, 0.1) is 33.0 Å². The van der Waals surface area contributed by atoms with Crippen LogP contribution in [0.25, 0.3) is 0 Å². The highest BCUT2D eigenvalue weighted by Crippen LogP contribution is 2.07. The van der Waals surface area contributed by atoms with Crippen molar-refractivity contribution in [1.82, 2.24) is 10.6 Å². The number of rotatable bonds is 19. The van der Waals surface area contributed by atoms with Crippen LogP contribution in [0.3, 0.4) is 0 Å². The predicted octanol–water partition coefficient (Wildman–Crippen LogP) is 0.873. The van der Waals surface area contributed by atoms with Crippen LogP contribution >= 0.6 is 0 Å². The number of carbonyl (C=O) groups is 3. The van der Waals surface area contributed by atoms with E-state index in [4.69, 9.17) is 24.7 Å². The molecule has 4 N–H and O–H groups in total. The van der Waals surface area contributed by atoms with Crippen LogP contribution in [0.15, 0.2) is 0 Å². The number of Topliss-reactive ketones (excluding diaryl/α,β-unsaturated/α-hetero) is 1. The van der Waals surface area contributed by atoms with Gasteiger partial charge in [-0.2, -0.15) is 4.89 Å². The first kappa shape index (κ1) is 29.0. The summed E-state index contributed by atoms with van der Waals surface area (Å²) in [5.41, 5.74) is 5.45. The molecule has 0 aromatic heterocycles. The van der Waals surface area contributed by atoms with Crippen molar-refractivity contribution in [2.24, 2.45) is 5.73 Å². The van der Waals surface area contributed by atoms with E-state index in [-0.39, 0.29) is 18.8 Å². The molecule has 0 aliphatic rings. The van der Waals surface area contributed by atoms with E-state index in [2.05, 4.69) is 20.4 Å². The van der Waals surface area contributed by atoms with Crippen molar-refractivity contribution in [3.05, 3.63) is 0 Å². The van der Waals surface area contributed by atoms with Gasteiger partial charge in [-0.1, -0.05) is 0 Å². The Morgan fingerprint density at radius 2 is 1.71 bits per heavy atom. The minimum Gasteiger partial charge on any atom is -0.447 e. The fraction of sp³-hybridized carbons (Fsp3) is 0.842. The van der Waals surface area contributed by atoms with Gasteiger partial charge in [-0.25, -0.2) is 14.5 Å². The SMILES string of the molecule is COCCOCCOC(=O)NCCCCC(NC(=O)OC(C)OOC)C(=O)CCCN.